The van der Waals surface area contributed by atoms with Gasteiger partial charge in [-0.3, -0.25) is 9.79 Å². The van der Waals surface area contributed by atoms with Crippen molar-refractivity contribution in [2.75, 3.05) is 13.2 Å². The van der Waals surface area contributed by atoms with E-state index in [0.29, 0.717) is 6.61 Å². The van der Waals surface area contributed by atoms with E-state index < -0.39 is 0 Å². The first-order valence-corrected chi connectivity index (χ1v) is 7.81. The Labute approximate surface area is 127 Å². The maximum absolute atomic E-state index is 11.4. The molecule has 1 heterocycles. The van der Waals surface area contributed by atoms with E-state index >= 15 is 0 Å². The molecule has 0 amide bonds. The Balaban J connectivity index is 1.67. The van der Waals surface area contributed by atoms with Crippen LogP contribution in [0.25, 0.3) is 0 Å². The van der Waals surface area contributed by atoms with Crippen molar-refractivity contribution in [1.82, 2.24) is 5.32 Å². The van der Waals surface area contributed by atoms with Crippen LogP contribution in [0.2, 0.25) is 0 Å². The predicted octanol–water partition coefficient (Wildman–Crippen LogP) is 2.64. The van der Waals surface area contributed by atoms with Crippen molar-refractivity contribution in [3.05, 3.63) is 35.4 Å². The van der Waals surface area contributed by atoms with Gasteiger partial charge in [0.2, 0.25) is 0 Å². The van der Waals surface area contributed by atoms with Crippen molar-refractivity contribution < 1.29 is 9.53 Å². The number of esters is 1. The monoisotopic (exact) mass is 338 g/mol. The van der Waals surface area contributed by atoms with Crippen LogP contribution in [-0.2, 0) is 16.1 Å². The van der Waals surface area contributed by atoms with E-state index in [2.05, 4.69) is 38.4 Å². The Kier molecular flexibility index (Phi) is 5.59. The maximum atomic E-state index is 11.4. The molecule has 0 bridgehead atoms. The highest BCUT2D eigenvalue weighted by Gasteiger charge is 2.15. The van der Waals surface area contributed by atoms with Gasteiger partial charge < -0.3 is 10.1 Å². The number of fused-ring (bicyclic) bond motifs is 1. The molecular weight excluding hydrogens is 320 g/mol. The van der Waals surface area contributed by atoms with Crippen LogP contribution in [0.1, 0.15) is 30.9 Å². The van der Waals surface area contributed by atoms with Crippen LogP contribution >= 0.6 is 15.9 Å². The highest BCUT2D eigenvalue weighted by atomic mass is 79.9. The average Bonchev–Trinajstić information content (AvgIpc) is 2.89. The second kappa shape index (κ2) is 7.43. The van der Waals surface area contributed by atoms with Crippen molar-refractivity contribution in [1.29, 1.82) is 0 Å². The SMILES string of the molecule is CCC(Br)C(=O)OCCCNC1=NCc2ccccc21. The minimum atomic E-state index is -0.193. The summed E-state index contributed by atoms with van der Waals surface area (Å²) in [7, 11) is 0. The number of nitrogens with zero attached hydrogens (tertiary/aromatic N) is 1. The van der Waals surface area contributed by atoms with Gasteiger partial charge in [0.05, 0.1) is 13.2 Å². The molecule has 1 aliphatic rings. The molecule has 0 aliphatic carbocycles. The lowest BCUT2D eigenvalue weighted by atomic mass is 10.1. The molecule has 1 N–H and O–H groups in total. The number of carbonyl (C=O) groups excluding carboxylic acids is 1. The van der Waals surface area contributed by atoms with Crippen molar-refractivity contribution >= 4 is 27.7 Å². The van der Waals surface area contributed by atoms with E-state index in [9.17, 15) is 4.79 Å². The smallest absolute Gasteiger partial charge is 0.319 e. The number of nitrogens with one attached hydrogen (secondary N) is 1. The van der Waals surface area contributed by atoms with Crippen molar-refractivity contribution in [2.45, 2.75) is 31.1 Å². The molecular formula is C15H19BrN2O2. The summed E-state index contributed by atoms with van der Waals surface area (Å²) in [5.74, 6) is 0.759. The number of ether oxygens (including phenoxy) is 1. The van der Waals surface area contributed by atoms with E-state index in [1.165, 1.54) is 11.1 Å². The van der Waals surface area contributed by atoms with E-state index in [1.54, 1.807) is 0 Å². The number of rotatable bonds is 6. The van der Waals surface area contributed by atoms with Gasteiger partial charge in [-0.25, -0.2) is 0 Å². The molecule has 1 atom stereocenters. The fraction of sp³-hybridized carbons (Fsp3) is 0.467. The zero-order valence-corrected chi connectivity index (χ0v) is 13.1. The Morgan fingerprint density at radius 1 is 1.50 bits per heavy atom. The zero-order valence-electron chi connectivity index (χ0n) is 11.6. The Bertz CT molecular complexity index is 502. The molecule has 20 heavy (non-hydrogen) atoms. The summed E-state index contributed by atoms with van der Waals surface area (Å²) < 4.78 is 5.16. The minimum absolute atomic E-state index is 0.184. The van der Waals surface area contributed by atoms with Gasteiger partial charge in [0, 0.05) is 12.1 Å². The molecule has 0 spiro atoms. The van der Waals surface area contributed by atoms with Gasteiger partial charge >= 0.3 is 5.97 Å². The molecule has 0 saturated heterocycles. The lowest BCUT2D eigenvalue weighted by Gasteiger charge is -2.09. The summed E-state index contributed by atoms with van der Waals surface area (Å²) in [6, 6.07) is 8.21. The van der Waals surface area contributed by atoms with Crippen LogP contribution < -0.4 is 5.32 Å². The maximum Gasteiger partial charge on any atom is 0.319 e. The lowest BCUT2D eigenvalue weighted by Crippen LogP contribution is -2.26. The lowest BCUT2D eigenvalue weighted by molar-refractivity contribution is -0.142. The number of amidine groups is 1. The van der Waals surface area contributed by atoms with Crippen molar-refractivity contribution in [3.63, 3.8) is 0 Å². The quantitative estimate of drug-likeness (QED) is 0.492. The molecule has 1 aromatic carbocycles. The zero-order chi connectivity index (χ0) is 14.4. The molecule has 108 valence electrons. The summed E-state index contributed by atoms with van der Waals surface area (Å²) in [5, 5.41) is 3.30. The van der Waals surface area contributed by atoms with E-state index in [4.69, 9.17) is 4.74 Å². The first kappa shape index (κ1) is 15.0. The summed E-state index contributed by atoms with van der Waals surface area (Å²) in [6.07, 6.45) is 1.51. The van der Waals surface area contributed by atoms with Gasteiger partial charge in [-0.15, -0.1) is 0 Å². The second-order valence-corrected chi connectivity index (χ2v) is 5.75. The third kappa shape index (κ3) is 3.82. The van der Waals surface area contributed by atoms with Crippen LogP contribution in [0, 0.1) is 0 Å². The molecule has 1 aromatic rings. The number of alkyl halides is 1. The number of halogens is 1. The highest BCUT2D eigenvalue weighted by molar-refractivity contribution is 9.10. The standard InChI is InChI=1S/C15H19BrN2O2/c1-2-13(16)15(19)20-9-5-8-17-14-12-7-4-3-6-11(12)10-18-14/h3-4,6-7,13H,2,5,8-10H2,1H3,(H,17,18). The van der Waals surface area contributed by atoms with Crippen LogP contribution in [0.15, 0.2) is 29.3 Å². The van der Waals surface area contributed by atoms with Gasteiger partial charge in [0.25, 0.3) is 0 Å². The number of aliphatic imine (C=N–C) groups is 1. The Morgan fingerprint density at radius 2 is 2.30 bits per heavy atom. The Hall–Kier alpha value is -1.36. The molecule has 5 heteroatoms. The van der Waals surface area contributed by atoms with Crippen LogP contribution in [0.3, 0.4) is 0 Å². The summed E-state index contributed by atoms with van der Waals surface area (Å²) in [6.45, 7) is 3.87. The molecule has 4 nitrogen and oxygen atoms in total. The minimum Gasteiger partial charge on any atom is -0.465 e. The number of benzene rings is 1. The normalized spacial score (nSPS) is 14.4. The topological polar surface area (TPSA) is 50.7 Å². The molecule has 0 saturated carbocycles. The molecule has 0 radical (unpaired) electrons. The predicted molar refractivity (Wildman–Crippen MR) is 83.3 cm³/mol. The molecule has 2 rings (SSSR count). The van der Waals surface area contributed by atoms with Crippen LogP contribution in [0.4, 0.5) is 0 Å². The fourth-order valence-corrected chi connectivity index (χ4v) is 2.13. The van der Waals surface area contributed by atoms with Crippen molar-refractivity contribution in [2.24, 2.45) is 4.99 Å². The summed E-state index contributed by atoms with van der Waals surface area (Å²) >= 11 is 3.27. The van der Waals surface area contributed by atoms with Gasteiger partial charge in [-0.1, -0.05) is 47.1 Å². The van der Waals surface area contributed by atoms with E-state index in [1.807, 2.05) is 19.1 Å². The average molecular weight is 339 g/mol. The van der Waals surface area contributed by atoms with Gasteiger partial charge in [-0.05, 0) is 18.4 Å². The van der Waals surface area contributed by atoms with Gasteiger partial charge in [0.1, 0.15) is 10.7 Å². The van der Waals surface area contributed by atoms with E-state index in [0.717, 1.165) is 31.8 Å². The summed E-state index contributed by atoms with van der Waals surface area (Å²) in [4.78, 5) is 15.7. The Morgan fingerprint density at radius 3 is 3.10 bits per heavy atom. The van der Waals surface area contributed by atoms with E-state index in [-0.39, 0.29) is 10.8 Å². The number of hydrogen-bond acceptors (Lipinski definition) is 4. The summed E-state index contributed by atoms with van der Waals surface area (Å²) in [5.41, 5.74) is 2.43. The fourth-order valence-electron chi connectivity index (χ4n) is 2.00. The molecule has 1 unspecified atom stereocenters. The second-order valence-electron chi connectivity index (χ2n) is 4.65. The van der Waals surface area contributed by atoms with Crippen LogP contribution in [-0.4, -0.2) is 29.8 Å². The van der Waals surface area contributed by atoms with Gasteiger partial charge in [0.15, 0.2) is 0 Å². The van der Waals surface area contributed by atoms with Crippen molar-refractivity contribution in [3.8, 4) is 0 Å². The van der Waals surface area contributed by atoms with Crippen LogP contribution in [0.5, 0.6) is 0 Å². The largest absolute Gasteiger partial charge is 0.465 e. The number of carbonyl (C=O) groups is 1. The third-order valence-electron chi connectivity index (χ3n) is 3.15. The van der Waals surface area contributed by atoms with Gasteiger partial charge in [-0.2, -0.15) is 0 Å². The third-order valence-corrected chi connectivity index (χ3v) is 4.17. The highest BCUT2D eigenvalue weighted by Crippen LogP contribution is 2.16. The number of hydrogen-bond donors (Lipinski definition) is 1. The molecule has 0 fully saturated rings. The first-order chi connectivity index (χ1) is 9.72. The first-order valence-electron chi connectivity index (χ1n) is 6.89. The molecule has 0 aromatic heterocycles. The molecule has 1 aliphatic heterocycles.